The molecule has 9 heteroatoms. The van der Waals surface area contributed by atoms with Gasteiger partial charge in [0.25, 0.3) is 0 Å². The number of benzene rings is 1. The van der Waals surface area contributed by atoms with Crippen LogP contribution in [-0.4, -0.2) is 50.5 Å². The fourth-order valence-electron chi connectivity index (χ4n) is 3.72. The summed E-state index contributed by atoms with van der Waals surface area (Å²) >= 11 is 0. The standard InChI is InChI=1S/C23H31N5O4/c1-3-4-5-17(14-29)25-22-21-18(26-23(24)27-22)10-11-28(21)13-16-8-6-15(7-9-20(30)31)12-19(16)32-2/h6,8,10-12,17,29H,3-5,7,9,13-14H2,1-2H3,(H,30,31)(H3,24,25,26,27). The maximum atomic E-state index is 10.9. The number of anilines is 2. The lowest BCUT2D eigenvalue weighted by molar-refractivity contribution is -0.136. The molecule has 172 valence electrons. The summed E-state index contributed by atoms with van der Waals surface area (Å²) in [6, 6.07) is 7.51. The molecule has 2 heterocycles. The quantitative estimate of drug-likeness (QED) is 0.337. The van der Waals surface area contributed by atoms with Crippen LogP contribution < -0.4 is 15.8 Å². The second-order valence-electron chi connectivity index (χ2n) is 7.81. The molecule has 32 heavy (non-hydrogen) atoms. The Morgan fingerprint density at radius 3 is 2.81 bits per heavy atom. The summed E-state index contributed by atoms with van der Waals surface area (Å²) < 4.78 is 7.58. The number of rotatable bonds is 12. The summed E-state index contributed by atoms with van der Waals surface area (Å²) in [7, 11) is 1.60. The Bertz CT molecular complexity index is 1070. The number of carboxylic acids is 1. The normalized spacial score (nSPS) is 12.1. The van der Waals surface area contributed by atoms with Gasteiger partial charge in [0.15, 0.2) is 5.82 Å². The predicted octanol–water partition coefficient (Wildman–Crippen LogP) is 3.05. The number of hydrogen-bond donors (Lipinski definition) is 4. The van der Waals surface area contributed by atoms with Crippen LogP contribution in [0.1, 0.15) is 43.7 Å². The maximum Gasteiger partial charge on any atom is 0.303 e. The third-order valence-corrected chi connectivity index (χ3v) is 5.41. The topological polar surface area (TPSA) is 136 Å². The van der Waals surface area contributed by atoms with E-state index in [1.54, 1.807) is 7.11 Å². The van der Waals surface area contributed by atoms with E-state index in [9.17, 15) is 9.90 Å². The molecule has 0 aliphatic rings. The summed E-state index contributed by atoms with van der Waals surface area (Å²) in [5.74, 6) is 0.623. The van der Waals surface area contributed by atoms with Crippen molar-refractivity contribution in [3.05, 3.63) is 41.6 Å². The zero-order chi connectivity index (χ0) is 23.1. The van der Waals surface area contributed by atoms with Crippen molar-refractivity contribution in [2.45, 2.75) is 51.6 Å². The van der Waals surface area contributed by atoms with E-state index < -0.39 is 5.97 Å². The van der Waals surface area contributed by atoms with Crippen molar-refractivity contribution in [3.8, 4) is 5.75 Å². The average molecular weight is 442 g/mol. The van der Waals surface area contributed by atoms with Gasteiger partial charge in [0, 0.05) is 18.2 Å². The van der Waals surface area contributed by atoms with E-state index in [4.69, 9.17) is 15.6 Å². The Kier molecular flexibility index (Phi) is 7.88. The lowest BCUT2D eigenvalue weighted by Gasteiger charge is -2.19. The van der Waals surface area contributed by atoms with Crippen molar-refractivity contribution in [1.82, 2.24) is 14.5 Å². The van der Waals surface area contributed by atoms with Gasteiger partial charge < -0.3 is 30.6 Å². The largest absolute Gasteiger partial charge is 0.496 e. The summed E-state index contributed by atoms with van der Waals surface area (Å²) in [6.45, 7) is 2.62. The highest BCUT2D eigenvalue weighted by Crippen LogP contribution is 2.28. The second-order valence-corrected chi connectivity index (χ2v) is 7.81. The lowest BCUT2D eigenvalue weighted by Crippen LogP contribution is -2.25. The third-order valence-electron chi connectivity index (χ3n) is 5.41. The first kappa shape index (κ1) is 23.3. The number of unbranched alkanes of at least 4 members (excludes halogenated alkanes) is 1. The predicted molar refractivity (Wildman–Crippen MR) is 124 cm³/mol. The molecule has 0 saturated carbocycles. The number of carbonyl (C=O) groups is 1. The van der Waals surface area contributed by atoms with Crippen LogP contribution in [-0.2, 0) is 17.8 Å². The molecule has 0 aliphatic carbocycles. The van der Waals surface area contributed by atoms with Gasteiger partial charge in [0.05, 0.1) is 31.8 Å². The molecular formula is C23H31N5O4. The zero-order valence-electron chi connectivity index (χ0n) is 18.5. The fourth-order valence-corrected chi connectivity index (χ4v) is 3.72. The Morgan fingerprint density at radius 1 is 1.31 bits per heavy atom. The number of ether oxygens (including phenoxy) is 1. The van der Waals surface area contributed by atoms with Crippen LogP contribution in [0.25, 0.3) is 11.0 Å². The van der Waals surface area contributed by atoms with Crippen molar-refractivity contribution in [2.24, 2.45) is 0 Å². The molecule has 0 aliphatic heterocycles. The van der Waals surface area contributed by atoms with Crippen molar-refractivity contribution in [3.63, 3.8) is 0 Å². The van der Waals surface area contributed by atoms with Crippen molar-refractivity contribution < 1.29 is 19.7 Å². The van der Waals surface area contributed by atoms with Crippen LogP contribution in [0.2, 0.25) is 0 Å². The number of aliphatic hydroxyl groups excluding tert-OH is 1. The number of carboxylic acid groups (broad SMARTS) is 1. The van der Waals surface area contributed by atoms with E-state index in [0.717, 1.165) is 35.9 Å². The fraction of sp³-hybridized carbons (Fsp3) is 0.435. The minimum Gasteiger partial charge on any atom is -0.496 e. The number of aliphatic carboxylic acids is 1. The van der Waals surface area contributed by atoms with E-state index in [1.165, 1.54) is 0 Å². The van der Waals surface area contributed by atoms with Crippen molar-refractivity contribution >= 4 is 28.8 Å². The number of hydrogen-bond acceptors (Lipinski definition) is 7. The van der Waals surface area contributed by atoms with Crippen molar-refractivity contribution in [1.29, 1.82) is 0 Å². The Labute approximate surface area is 187 Å². The van der Waals surface area contributed by atoms with Gasteiger partial charge in [0.2, 0.25) is 5.95 Å². The van der Waals surface area contributed by atoms with Gasteiger partial charge in [-0.05, 0) is 30.5 Å². The van der Waals surface area contributed by atoms with Gasteiger partial charge in [-0.2, -0.15) is 4.98 Å². The molecule has 0 bridgehead atoms. The number of aromatic nitrogens is 3. The van der Waals surface area contributed by atoms with Crippen LogP contribution in [0.3, 0.4) is 0 Å². The van der Waals surface area contributed by atoms with Crippen molar-refractivity contribution in [2.75, 3.05) is 24.8 Å². The number of nitrogen functional groups attached to an aromatic ring is 1. The van der Waals surface area contributed by atoms with Crippen LogP contribution in [0.4, 0.5) is 11.8 Å². The minimum atomic E-state index is -0.828. The van der Waals surface area contributed by atoms with Gasteiger partial charge >= 0.3 is 5.97 Å². The SMILES string of the molecule is CCCCC(CO)Nc1nc(N)nc2ccn(Cc3ccc(CCC(=O)O)cc3OC)c12. The number of aliphatic hydroxyl groups is 1. The first-order valence-corrected chi connectivity index (χ1v) is 10.8. The first-order chi connectivity index (χ1) is 15.4. The van der Waals surface area contributed by atoms with E-state index in [0.29, 0.717) is 30.0 Å². The molecule has 5 N–H and O–H groups in total. The van der Waals surface area contributed by atoms with E-state index >= 15 is 0 Å². The van der Waals surface area contributed by atoms with E-state index in [2.05, 4.69) is 22.2 Å². The summed E-state index contributed by atoms with van der Waals surface area (Å²) in [5.41, 5.74) is 9.28. The number of nitrogens with two attached hydrogens (primary N) is 1. The number of methoxy groups -OCH3 is 1. The molecule has 0 fully saturated rings. The average Bonchev–Trinajstić information content (AvgIpc) is 3.18. The highest BCUT2D eigenvalue weighted by Gasteiger charge is 2.16. The maximum absolute atomic E-state index is 10.9. The lowest BCUT2D eigenvalue weighted by atomic mass is 10.1. The molecule has 3 aromatic rings. The zero-order valence-corrected chi connectivity index (χ0v) is 18.5. The molecule has 0 amide bonds. The molecule has 0 radical (unpaired) electrons. The number of nitrogens with zero attached hydrogens (tertiary/aromatic N) is 3. The Morgan fingerprint density at radius 2 is 2.12 bits per heavy atom. The van der Waals surface area contributed by atoms with Gasteiger partial charge in [-0.1, -0.05) is 31.9 Å². The summed E-state index contributed by atoms with van der Waals surface area (Å²) in [5, 5.41) is 22.0. The molecule has 0 spiro atoms. The monoisotopic (exact) mass is 441 g/mol. The minimum absolute atomic E-state index is 0.00224. The molecule has 1 aromatic carbocycles. The summed E-state index contributed by atoms with van der Waals surface area (Å²) in [6.07, 6.45) is 5.29. The molecule has 0 saturated heterocycles. The van der Waals surface area contributed by atoms with Gasteiger partial charge in [-0.3, -0.25) is 4.79 Å². The third kappa shape index (κ3) is 5.67. The van der Waals surface area contributed by atoms with Gasteiger partial charge in [0.1, 0.15) is 11.3 Å². The van der Waals surface area contributed by atoms with E-state index in [-0.39, 0.29) is 25.0 Å². The molecule has 1 atom stereocenters. The number of nitrogens with one attached hydrogen (secondary N) is 1. The molecule has 3 rings (SSSR count). The van der Waals surface area contributed by atoms with E-state index in [1.807, 2.05) is 35.0 Å². The van der Waals surface area contributed by atoms with Gasteiger partial charge in [-0.25, -0.2) is 4.98 Å². The molecule has 9 nitrogen and oxygen atoms in total. The van der Waals surface area contributed by atoms with Crippen LogP contribution in [0.15, 0.2) is 30.5 Å². The van der Waals surface area contributed by atoms with Crippen LogP contribution in [0.5, 0.6) is 5.75 Å². The Hall–Kier alpha value is -3.33. The molecule has 1 unspecified atom stereocenters. The molecule has 2 aromatic heterocycles. The Balaban J connectivity index is 1.91. The molecular weight excluding hydrogens is 410 g/mol. The van der Waals surface area contributed by atoms with Crippen LogP contribution in [0, 0.1) is 0 Å². The second kappa shape index (κ2) is 10.8. The highest BCUT2D eigenvalue weighted by atomic mass is 16.5. The highest BCUT2D eigenvalue weighted by molar-refractivity contribution is 5.87. The first-order valence-electron chi connectivity index (χ1n) is 10.8. The number of fused-ring (bicyclic) bond motifs is 1. The summed E-state index contributed by atoms with van der Waals surface area (Å²) in [4.78, 5) is 19.6. The smallest absolute Gasteiger partial charge is 0.303 e. The van der Waals surface area contributed by atoms with Gasteiger partial charge in [-0.15, -0.1) is 0 Å². The number of aryl methyl sites for hydroxylation is 1. The van der Waals surface area contributed by atoms with Crippen LogP contribution >= 0.6 is 0 Å².